The molecule has 16 heavy (non-hydrogen) atoms. The van der Waals surface area contributed by atoms with Gasteiger partial charge in [0, 0.05) is 11.7 Å². The van der Waals surface area contributed by atoms with E-state index in [1.807, 2.05) is 0 Å². The summed E-state index contributed by atoms with van der Waals surface area (Å²) in [6.45, 7) is 4.37. The van der Waals surface area contributed by atoms with Gasteiger partial charge in [0.1, 0.15) is 5.15 Å². The molecule has 0 atom stereocenters. The van der Waals surface area contributed by atoms with Crippen molar-refractivity contribution in [1.29, 1.82) is 0 Å². The molecule has 2 heteroatoms. The third kappa shape index (κ3) is 2.10. The molecule has 0 fully saturated rings. The van der Waals surface area contributed by atoms with Crippen molar-refractivity contribution >= 4 is 17.1 Å². The van der Waals surface area contributed by atoms with Crippen molar-refractivity contribution in [2.45, 2.75) is 39.5 Å². The molecule has 0 radical (unpaired) electrons. The summed E-state index contributed by atoms with van der Waals surface area (Å²) in [6.07, 6.45) is 6.69. The number of fused-ring (bicyclic) bond motifs is 1. The van der Waals surface area contributed by atoms with Gasteiger partial charge in [-0.1, -0.05) is 37.9 Å². The molecule has 0 unspecified atom stereocenters. The maximum absolute atomic E-state index is 6.38. The van der Waals surface area contributed by atoms with Gasteiger partial charge in [-0.3, -0.25) is 0 Å². The fourth-order valence-electron chi connectivity index (χ4n) is 1.99. The standard InChI is InChI=1S/C14H18ClN/c1-3-5-6-12-9-13-8-7-11(4-2)10-16(13)14(12)15/h7-10H,3-6H2,1-2H3. The first-order valence-electron chi connectivity index (χ1n) is 6.04. The molecule has 2 rings (SSSR count). The van der Waals surface area contributed by atoms with Crippen LogP contribution in [-0.4, -0.2) is 4.40 Å². The van der Waals surface area contributed by atoms with Crippen molar-refractivity contribution in [2.75, 3.05) is 0 Å². The van der Waals surface area contributed by atoms with Gasteiger partial charge in [0.25, 0.3) is 0 Å². The number of aromatic nitrogens is 1. The molecule has 0 saturated carbocycles. The Morgan fingerprint density at radius 1 is 1.25 bits per heavy atom. The molecular weight excluding hydrogens is 218 g/mol. The quantitative estimate of drug-likeness (QED) is 0.735. The first kappa shape index (κ1) is 11.5. The van der Waals surface area contributed by atoms with Crippen LogP contribution in [0, 0.1) is 0 Å². The Kier molecular flexibility index (Phi) is 3.55. The fourth-order valence-corrected chi connectivity index (χ4v) is 2.28. The number of halogens is 1. The van der Waals surface area contributed by atoms with Crippen molar-refractivity contribution in [3.63, 3.8) is 0 Å². The summed E-state index contributed by atoms with van der Waals surface area (Å²) in [4.78, 5) is 0. The normalized spacial score (nSPS) is 11.2. The number of hydrogen-bond donors (Lipinski definition) is 0. The summed E-state index contributed by atoms with van der Waals surface area (Å²) >= 11 is 6.38. The van der Waals surface area contributed by atoms with E-state index in [9.17, 15) is 0 Å². The van der Waals surface area contributed by atoms with E-state index in [-0.39, 0.29) is 0 Å². The Bertz CT molecular complexity index is 485. The van der Waals surface area contributed by atoms with E-state index in [1.54, 1.807) is 0 Å². The van der Waals surface area contributed by atoms with Gasteiger partial charge in [-0.05, 0) is 42.5 Å². The number of unbranched alkanes of at least 4 members (excludes halogenated alkanes) is 1. The second-order valence-corrected chi connectivity index (χ2v) is 4.61. The van der Waals surface area contributed by atoms with Gasteiger partial charge >= 0.3 is 0 Å². The lowest BCUT2D eigenvalue weighted by Crippen LogP contribution is -1.89. The van der Waals surface area contributed by atoms with Crippen LogP contribution in [0.1, 0.15) is 37.8 Å². The van der Waals surface area contributed by atoms with Crippen LogP contribution in [-0.2, 0) is 12.8 Å². The smallest absolute Gasteiger partial charge is 0.116 e. The Balaban J connectivity index is 2.42. The van der Waals surface area contributed by atoms with Crippen LogP contribution in [0.2, 0.25) is 5.15 Å². The van der Waals surface area contributed by atoms with E-state index in [2.05, 4.69) is 42.6 Å². The number of hydrogen-bond acceptors (Lipinski definition) is 0. The average molecular weight is 236 g/mol. The van der Waals surface area contributed by atoms with Crippen LogP contribution in [0.5, 0.6) is 0 Å². The first-order chi connectivity index (χ1) is 7.76. The molecule has 0 spiro atoms. The van der Waals surface area contributed by atoms with E-state index >= 15 is 0 Å². The van der Waals surface area contributed by atoms with Gasteiger partial charge in [-0.2, -0.15) is 0 Å². The zero-order valence-electron chi connectivity index (χ0n) is 9.96. The van der Waals surface area contributed by atoms with E-state index in [0.29, 0.717) is 0 Å². The van der Waals surface area contributed by atoms with Crippen molar-refractivity contribution in [2.24, 2.45) is 0 Å². The topological polar surface area (TPSA) is 4.41 Å². The van der Waals surface area contributed by atoms with E-state index < -0.39 is 0 Å². The molecule has 0 amide bonds. The second kappa shape index (κ2) is 4.92. The Morgan fingerprint density at radius 2 is 2.06 bits per heavy atom. The molecule has 1 nitrogen and oxygen atoms in total. The first-order valence-corrected chi connectivity index (χ1v) is 6.42. The summed E-state index contributed by atoms with van der Waals surface area (Å²) in [5.41, 5.74) is 3.80. The summed E-state index contributed by atoms with van der Waals surface area (Å²) in [6, 6.07) is 6.53. The molecule has 0 saturated heterocycles. The third-order valence-electron chi connectivity index (χ3n) is 3.05. The van der Waals surface area contributed by atoms with Crippen LogP contribution >= 0.6 is 11.6 Å². The zero-order valence-corrected chi connectivity index (χ0v) is 10.7. The lowest BCUT2D eigenvalue weighted by molar-refractivity contribution is 0.795. The van der Waals surface area contributed by atoms with Gasteiger partial charge in [0.05, 0.1) is 0 Å². The van der Waals surface area contributed by atoms with Crippen molar-refractivity contribution in [3.05, 3.63) is 40.7 Å². The molecule has 0 aliphatic heterocycles. The second-order valence-electron chi connectivity index (χ2n) is 4.25. The summed E-state index contributed by atoms with van der Waals surface area (Å²) in [7, 11) is 0. The average Bonchev–Trinajstić information content (AvgIpc) is 2.63. The monoisotopic (exact) mass is 235 g/mol. The van der Waals surface area contributed by atoms with Crippen LogP contribution in [0.4, 0.5) is 0 Å². The van der Waals surface area contributed by atoms with E-state index in [4.69, 9.17) is 11.6 Å². The maximum atomic E-state index is 6.38. The van der Waals surface area contributed by atoms with E-state index in [1.165, 1.54) is 29.5 Å². The van der Waals surface area contributed by atoms with Crippen LogP contribution in [0.15, 0.2) is 24.4 Å². The molecule has 0 aromatic carbocycles. The highest BCUT2D eigenvalue weighted by atomic mass is 35.5. The Hall–Kier alpha value is -0.950. The van der Waals surface area contributed by atoms with Crippen LogP contribution < -0.4 is 0 Å². The molecule has 86 valence electrons. The van der Waals surface area contributed by atoms with E-state index in [0.717, 1.165) is 18.0 Å². The third-order valence-corrected chi connectivity index (χ3v) is 3.47. The van der Waals surface area contributed by atoms with Crippen LogP contribution in [0.3, 0.4) is 0 Å². The molecule has 0 aliphatic carbocycles. The van der Waals surface area contributed by atoms with Crippen molar-refractivity contribution in [1.82, 2.24) is 4.40 Å². The molecule has 2 heterocycles. The molecule has 2 aromatic heterocycles. The highest BCUT2D eigenvalue weighted by molar-refractivity contribution is 6.30. The Labute approximate surface area is 102 Å². The number of nitrogens with zero attached hydrogens (tertiary/aromatic N) is 1. The maximum Gasteiger partial charge on any atom is 0.116 e. The summed E-state index contributed by atoms with van der Waals surface area (Å²) in [5, 5.41) is 0.888. The highest BCUT2D eigenvalue weighted by Crippen LogP contribution is 2.24. The van der Waals surface area contributed by atoms with Gasteiger partial charge in [0.2, 0.25) is 0 Å². The molecule has 0 bridgehead atoms. The molecular formula is C14H18ClN. The van der Waals surface area contributed by atoms with Crippen LogP contribution in [0.25, 0.3) is 5.52 Å². The summed E-state index contributed by atoms with van der Waals surface area (Å²) in [5.74, 6) is 0. The minimum absolute atomic E-state index is 0.888. The lowest BCUT2D eigenvalue weighted by Gasteiger charge is -2.01. The number of rotatable bonds is 4. The highest BCUT2D eigenvalue weighted by Gasteiger charge is 2.07. The Morgan fingerprint density at radius 3 is 2.75 bits per heavy atom. The number of pyridine rings is 1. The van der Waals surface area contributed by atoms with Gasteiger partial charge in [-0.15, -0.1) is 0 Å². The van der Waals surface area contributed by atoms with Crippen molar-refractivity contribution < 1.29 is 0 Å². The van der Waals surface area contributed by atoms with Gasteiger partial charge < -0.3 is 4.40 Å². The minimum Gasteiger partial charge on any atom is -0.307 e. The zero-order chi connectivity index (χ0) is 11.5. The predicted octanol–water partition coefficient (Wildman–Crippen LogP) is 4.50. The molecule has 2 aromatic rings. The molecule has 0 N–H and O–H groups in total. The largest absolute Gasteiger partial charge is 0.307 e. The summed E-state index contributed by atoms with van der Waals surface area (Å²) < 4.78 is 2.10. The van der Waals surface area contributed by atoms with Gasteiger partial charge in [-0.25, -0.2) is 0 Å². The molecule has 0 aliphatic rings. The lowest BCUT2D eigenvalue weighted by atomic mass is 10.1. The SMILES string of the molecule is CCCCc1cc2ccc(CC)cn2c1Cl. The predicted molar refractivity (Wildman–Crippen MR) is 70.4 cm³/mol. The van der Waals surface area contributed by atoms with Gasteiger partial charge in [0.15, 0.2) is 0 Å². The van der Waals surface area contributed by atoms with Crippen molar-refractivity contribution in [3.8, 4) is 0 Å². The fraction of sp³-hybridized carbons (Fsp3) is 0.429. The number of aryl methyl sites for hydroxylation is 2. The minimum atomic E-state index is 0.888.